The van der Waals surface area contributed by atoms with E-state index in [1.165, 1.54) is 16.9 Å². The molecule has 0 unspecified atom stereocenters. The minimum absolute atomic E-state index is 0.0856. The summed E-state index contributed by atoms with van der Waals surface area (Å²) in [6, 6.07) is 19.6. The van der Waals surface area contributed by atoms with Crippen molar-refractivity contribution in [2.45, 2.75) is 25.0 Å². The Labute approximate surface area is 143 Å². The number of hydrogen-bond acceptors (Lipinski definition) is 4. The topological polar surface area (TPSA) is 30.9 Å². The summed E-state index contributed by atoms with van der Waals surface area (Å²) in [7, 11) is 4.19. The van der Waals surface area contributed by atoms with Gasteiger partial charge in [0.2, 0.25) is 0 Å². The maximum Gasteiger partial charge on any atom is 0.142 e. The molecule has 0 saturated heterocycles. The first-order valence-corrected chi connectivity index (χ1v) is 8.63. The van der Waals surface area contributed by atoms with E-state index in [0.29, 0.717) is 6.04 Å². The van der Waals surface area contributed by atoms with Crippen molar-refractivity contribution in [3.05, 3.63) is 60.2 Å². The minimum atomic E-state index is 0.0856. The van der Waals surface area contributed by atoms with Gasteiger partial charge in [-0.25, -0.2) is 4.99 Å². The fourth-order valence-electron chi connectivity index (χ4n) is 4.05. The molecule has 0 aliphatic carbocycles. The van der Waals surface area contributed by atoms with Gasteiger partial charge in [-0.2, -0.15) is 0 Å². The van der Waals surface area contributed by atoms with Crippen LogP contribution in [0.5, 0.6) is 0 Å². The molecule has 3 atom stereocenters. The SMILES string of the molecule is CCN1c2ccccc2N[C@@H]2N=C(N(C)C)[C@@H](c3ccccc3)[C@H]21. The number of rotatable bonds is 2. The summed E-state index contributed by atoms with van der Waals surface area (Å²) in [4.78, 5) is 9.73. The number of fused-ring (bicyclic) bond motifs is 2. The van der Waals surface area contributed by atoms with E-state index in [-0.39, 0.29) is 12.1 Å². The highest BCUT2D eigenvalue weighted by atomic mass is 15.3. The lowest BCUT2D eigenvalue weighted by Crippen LogP contribution is -2.51. The Morgan fingerprint density at radius 1 is 1.04 bits per heavy atom. The van der Waals surface area contributed by atoms with Gasteiger partial charge >= 0.3 is 0 Å². The molecule has 1 N–H and O–H groups in total. The predicted molar refractivity (Wildman–Crippen MR) is 101 cm³/mol. The van der Waals surface area contributed by atoms with E-state index in [0.717, 1.165) is 12.4 Å². The number of amidine groups is 1. The third kappa shape index (κ3) is 2.25. The Kier molecular flexibility index (Phi) is 3.68. The first-order chi connectivity index (χ1) is 11.7. The van der Waals surface area contributed by atoms with Crippen molar-refractivity contribution in [1.29, 1.82) is 0 Å². The molecule has 2 aromatic carbocycles. The molecule has 2 aliphatic heterocycles. The van der Waals surface area contributed by atoms with E-state index in [4.69, 9.17) is 4.99 Å². The summed E-state index contributed by atoms with van der Waals surface area (Å²) in [6.07, 6.45) is 0.0856. The molecule has 0 amide bonds. The third-order valence-corrected chi connectivity index (χ3v) is 5.05. The van der Waals surface area contributed by atoms with Crippen LogP contribution in [-0.4, -0.2) is 43.6 Å². The highest BCUT2D eigenvalue weighted by Crippen LogP contribution is 2.43. The summed E-state index contributed by atoms with van der Waals surface area (Å²) in [5.41, 5.74) is 3.78. The molecule has 0 bridgehead atoms. The molecule has 0 aromatic heterocycles. The number of hydrogen-bond donors (Lipinski definition) is 1. The van der Waals surface area contributed by atoms with Crippen LogP contribution in [0.2, 0.25) is 0 Å². The average molecular weight is 320 g/mol. The molecule has 0 spiro atoms. The molecular weight excluding hydrogens is 296 g/mol. The van der Waals surface area contributed by atoms with E-state index < -0.39 is 0 Å². The molecule has 0 radical (unpaired) electrons. The molecule has 0 fully saturated rings. The summed E-state index contributed by atoms with van der Waals surface area (Å²) in [5, 5.41) is 3.65. The quantitative estimate of drug-likeness (QED) is 0.920. The van der Waals surface area contributed by atoms with Crippen LogP contribution in [0.25, 0.3) is 0 Å². The second-order valence-corrected chi connectivity index (χ2v) is 6.65. The summed E-state index contributed by atoms with van der Waals surface area (Å²) < 4.78 is 0. The Morgan fingerprint density at radius 3 is 2.46 bits per heavy atom. The molecule has 2 heterocycles. The zero-order chi connectivity index (χ0) is 16.7. The molecule has 4 nitrogen and oxygen atoms in total. The van der Waals surface area contributed by atoms with Crippen molar-refractivity contribution in [2.75, 3.05) is 30.9 Å². The smallest absolute Gasteiger partial charge is 0.142 e. The van der Waals surface area contributed by atoms with Crippen LogP contribution < -0.4 is 10.2 Å². The lowest BCUT2D eigenvalue weighted by atomic mass is 9.88. The van der Waals surface area contributed by atoms with Crippen LogP contribution in [0.3, 0.4) is 0 Å². The molecule has 24 heavy (non-hydrogen) atoms. The van der Waals surface area contributed by atoms with Gasteiger partial charge in [0, 0.05) is 20.6 Å². The monoisotopic (exact) mass is 320 g/mol. The minimum Gasteiger partial charge on any atom is -0.366 e. The zero-order valence-corrected chi connectivity index (χ0v) is 14.5. The van der Waals surface area contributed by atoms with Crippen molar-refractivity contribution in [3.8, 4) is 0 Å². The Morgan fingerprint density at radius 2 is 1.75 bits per heavy atom. The van der Waals surface area contributed by atoms with Crippen molar-refractivity contribution in [1.82, 2.24) is 4.90 Å². The van der Waals surface area contributed by atoms with Gasteiger partial charge in [0.05, 0.1) is 23.3 Å². The molecule has 124 valence electrons. The number of para-hydroxylation sites is 2. The normalized spacial score (nSPS) is 24.7. The van der Waals surface area contributed by atoms with Gasteiger partial charge in [0.1, 0.15) is 12.0 Å². The van der Waals surface area contributed by atoms with E-state index in [2.05, 4.69) is 90.7 Å². The predicted octanol–water partition coefficient (Wildman–Crippen LogP) is 3.39. The fourth-order valence-corrected chi connectivity index (χ4v) is 4.05. The fraction of sp³-hybridized carbons (Fsp3) is 0.350. The zero-order valence-electron chi connectivity index (χ0n) is 14.5. The van der Waals surface area contributed by atoms with Gasteiger partial charge in [-0.1, -0.05) is 42.5 Å². The lowest BCUT2D eigenvalue weighted by molar-refractivity contribution is 0.509. The number of nitrogens with one attached hydrogen (secondary N) is 1. The van der Waals surface area contributed by atoms with Crippen LogP contribution in [0.15, 0.2) is 59.6 Å². The molecule has 0 saturated carbocycles. The Bertz CT molecular complexity index is 753. The van der Waals surface area contributed by atoms with Crippen LogP contribution >= 0.6 is 0 Å². The van der Waals surface area contributed by atoms with Crippen LogP contribution in [-0.2, 0) is 0 Å². The first-order valence-electron chi connectivity index (χ1n) is 8.63. The van der Waals surface area contributed by atoms with E-state index >= 15 is 0 Å². The van der Waals surface area contributed by atoms with Crippen LogP contribution in [0.1, 0.15) is 18.4 Å². The van der Waals surface area contributed by atoms with Crippen LogP contribution in [0.4, 0.5) is 11.4 Å². The van der Waals surface area contributed by atoms with Crippen molar-refractivity contribution >= 4 is 17.2 Å². The molecule has 2 aliphatic rings. The maximum absolute atomic E-state index is 5.05. The molecule has 4 heteroatoms. The summed E-state index contributed by atoms with van der Waals surface area (Å²) in [6.45, 7) is 3.20. The van der Waals surface area contributed by atoms with Crippen molar-refractivity contribution < 1.29 is 0 Å². The maximum atomic E-state index is 5.05. The standard InChI is InChI=1S/C20H24N4/c1-4-24-16-13-9-8-12-15(16)21-19-18(24)17(20(22-19)23(2)3)14-10-6-5-7-11-14/h5-13,17-19,21H,4H2,1-3H3/t17-,18+,19+/m0/s1. The third-order valence-electron chi connectivity index (χ3n) is 5.05. The van der Waals surface area contributed by atoms with E-state index in [1.807, 2.05) is 0 Å². The van der Waals surface area contributed by atoms with E-state index in [9.17, 15) is 0 Å². The van der Waals surface area contributed by atoms with Crippen molar-refractivity contribution in [3.63, 3.8) is 0 Å². The number of aliphatic imine (C=N–C) groups is 1. The van der Waals surface area contributed by atoms with Gasteiger partial charge in [-0.3, -0.25) is 0 Å². The first kappa shape index (κ1) is 15.1. The Balaban J connectivity index is 1.83. The van der Waals surface area contributed by atoms with Gasteiger partial charge in [-0.05, 0) is 24.6 Å². The average Bonchev–Trinajstić information content (AvgIpc) is 2.99. The number of nitrogens with zero attached hydrogens (tertiary/aromatic N) is 3. The molecule has 4 rings (SSSR count). The second-order valence-electron chi connectivity index (χ2n) is 6.65. The van der Waals surface area contributed by atoms with Crippen molar-refractivity contribution in [2.24, 2.45) is 4.99 Å². The largest absolute Gasteiger partial charge is 0.366 e. The van der Waals surface area contributed by atoms with Gasteiger partial charge < -0.3 is 15.1 Å². The molecule has 2 aromatic rings. The second kappa shape index (κ2) is 5.86. The summed E-state index contributed by atoms with van der Waals surface area (Å²) >= 11 is 0. The highest BCUT2D eigenvalue weighted by Gasteiger charge is 2.46. The number of benzene rings is 2. The van der Waals surface area contributed by atoms with Gasteiger partial charge in [0.15, 0.2) is 0 Å². The van der Waals surface area contributed by atoms with Crippen LogP contribution in [0, 0.1) is 0 Å². The van der Waals surface area contributed by atoms with Gasteiger partial charge in [0.25, 0.3) is 0 Å². The number of likely N-dealkylation sites (N-methyl/N-ethyl adjacent to an activating group) is 2. The molecular formula is C20H24N4. The Hall–Kier alpha value is -2.49. The highest BCUT2D eigenvalue weighted by molar-refractivity contribution is 5.94. The lowest BCUT2D eigenvalue weighted by Gasteiger charge is -2.42. The van der Waals surface area contributed by atoms with Gasteiger partial charge in [-0.15, -0.1) is 0 Å². The number of anilines is 2. The van der Waals surface area contributed by atoms with E-state index in [1.54, 1.807) is 0 Å². The summed E-state index contributed by atoms with van der Waals surface area (Å²) in [5.74, 6) is 1.42.